The summed E-state index contributed by atoms with van der Waals surface area (Å²) in [4.78, 5) is 14.1. The van der Waals surface area contributed by atoms with Gasteiger partial charge in [0.05, 0.1) is 0 Å². The Morgan fingerprint density at radius 2 is 2.24 bits per heavy atom. The van der Waals surface area contributed by atoms with Crippen LogP contribution < -0.4 is 5.73 Å². The van der Waals surface area contributed by atoms with Crippen LogP contribution in [0.2, 0.25) is 0 Å². The molecule has 17 heavy (non-hydrogen) atoms. The van der Waals surface area contributed by atoms with Gasteiger partial charge in [-0.25, -0.2) is 4.79 Å². The van der Waals surface area contributed by atoms with Crippen molar-refractivity contribution in [3.05, 3.63) is 35.0 Å². The van der Waals surface area contributed by atoms with Crippen LogP contribution in [0.4, 0.5) is 0 Å². The van der Waals surface area contributed by atoms with E-state index in [1.807, 2.05) is 18.2 Å². The Balaban J connectivity index is 2.67. The highest BCUT2D eigenvalue weighted by Crippen LogP contribution is 2.24. The average molecular weight is 232 g/mol. The second kappa shape index (κ2) is 4.59. The zero-order chi connectivity index (χ0) is 12.4. The van der Waals surface area contributed by atoms with Crippen LogP contribution in [-0.2, 0) is 12.8 Å². The van der Waals surface area contributed by atoms with E-state index < -0.39 is 5.97 Å². The Bertz CT molecular complexity index is 558. The van der Waals surface area contributed by atoms with Gasteiger partial charge in [-0.05, 0) is 42.6 Å². The van der Waals surface area contributed by atoms with E-state index >= 15 is 0 Å². The normalized spacial score (nSPS) is 10.9. The third-order valence-corrected chi connectivity index (χ3v) is 2.99. The minimum Gasteiger partial charge on any atom is -0.477 e. The molecule has 0 bridgehead atoms. The molecule has 0 fully saturated rings. The monoisotopic (exact) mass is 232 g/mol. The zero-order valence-electron chi connectivity index (χ0n) is 9.79. The lowest BCUT2D eigenvalue weighted by Gasteiger charge is -2.00. The standard InChI is InChI=1S/C13H16N2O2/c1-2-8-3-4-11-10(7-8)9(5-6-14)12(15-11)13(16)17/h3-4,7,15H,2,5-6,14H2,1H3,(H,16,17). The van der Waals surface area contributed by atoms with Crippen LogP contribution in [-0.4, -0.2) is 22.6 Å². The number of carboxylic acid groups (broad SMARTS) is 1. The average Bonchev–Trinajstić information content (AvgIpc) is 2.68. The largest absolute Gasteiger partial charge is 0.477 e. The van der Waals surface area contributed by atoms with Crippen LogP contribution in [0.3, 0.4) is 0 Å². The fourth-order valence-corrected chi connectivity index (χ4v) is 2.10. The van der Waals surface area contributed by atoms with Gasteiger partial charge in [-0.1, -0.05) is 13.0 Å². The maximum Gasteiger partial charge on any atom is 0.352 e. The molecule has 1 aromatic carbocycles. The summed E-state index contributed by atoms with van der Waals surface area (Å²) in [5.74, 6) is -0.928. The predicted octanol–water partition coefficient (Wildman–Crippen LogP) is 1.93. The molecular weight excluding hydrogens is 216 g/mol. The second-order valence-electron chi connectivity index (χ2n) is 4.06. The number of nitrogens with two attached hydrogens (primary N) is 1. The molecule has 0 aliphatic heterocycles. The maximum atomic E-state index is 11.1. The lowest BCUT2D eigenvalue weighted by atomic mass is 10.0. The van der Waals surface area contributed by atoms with E-state index in [0.29, 0.717) is 13.0 Å². The first-order valence-corrected chi connectivity index (χ1v) is 5.74. The molecule has 0 unspecified atom stereocenters. The quantitative estimate of drug-likeness (QED) is 0.753. The molecule has 2 rings (SSSR count). The first-order valence-electron chi connectivity index (χ1n) is 5.74. The third-order valence-electron chi connectivity index (χ3n) is 2.99. The Labute approximate surface area is 99.4 Å². The van der Waals surface area contributed by atoms with Crippen LogP contribution in [0, 0.1) is 0 Å². The first-order chi connectivity index (χ1) is 8.17. The van der Waals surface area contributed by atoms with Crippen molar-refractivity contribution in [1.29, 1.82) is 0 Å². The molecule has 0 radical (unpaired) electrons. The van der Waals surface area contributed by atoms with E-state index in [4.69, 9.17) is 10.8 Å². The molecule has 1 aromatic heterocycles. The molecule has 4 heteroatoms. The number of carbonyl (C=O) groups is 1. The minimum atomic E-state index is -0.928. The lowest BCUT2D eigenvalue weighted by molar-refractivity contribution is 0.0690. The van der Waals surface area contributed by atoms with E-state index in [2.05, 4.69) is 11.9 Å². The van der Waals surface area contributed by atoms with Gasteiger partial charge in [0.15, 0.2) is 0 Å². The number of H-pyrrole nitrogens is 1. The number of aromatic carboxylic acids is 1. The Morgan fingerprint density at radius 3 is 2.82 bits per heavy atom. The van der Waals surface area contributed by atoms with Crippen LogP contribution in [0.25, 0.3) is 10.9 Å². The van der Waals surface area contributed by atoms with Gasteiger partial charge in [-0.2, -0.15) is 0 Å². The van der Waals surface area contributed by atoms with Gasteiger partial charge in [0, 0.05) is 10.9 Å². The topological polar surface area (TPSA) is 79.1 Å². The van der Waals surface area contributed by atoms with Crippen molar-refractivity contribution in [1.82, 2.24) is 4.98 Å². The SMILES string of the molecule is CCc1ccc2[nH]c(C(=O)O)c(CCN)c2c1. The number of aromatic amines is 1. The summed E-state index contributed by atoms with van der Waals surface area (Å²) in [5, 5.41) is 10.1. The van der Waals surface area contributed by atoms with Crippen molar-refractivity contribution in [3.63, 3.8) is 0 Å². The van der Waals surface area contributed by atoms with Crippen molar-refractivity contribution >= 4 is 16.9 Å². The molecule has 0 spiro atoms. The number of rotatable bonds is 4. The summed E-state index contributed by atoms with van der Waals surface area (Å²) in [6, 6.07) is 5.99. The predicted molar refractivity (Wildman–Crippen MR) is 67.4 cm³/mol. The maximum absolute atomic E-state index is 11.1. The highest BCUT2D eigenvalue weighted by Gasteiger charge is 2.16. The molecule has 4 N–H and O–H groups in total. The number of benzene rings is 1. The third kappa shape index (κ3) is 2.03. The number of aromatic nitrogens is 1. The second-order valence-corrected chi connectivity index (χ2v) is 4.06. The first kappa shape index (κ1) is 11.7. The summed E-state index contributed by atoms with van der Waals surface area (Å²) in [7, 11) is 0. The Morgan fingerprint density at radius 1 is 1.47 bits per heavy atom. The number of fused-ring (bicyclic) bond motifs is 1. The van der Waals surface area contributed by atoms with Crippen LogP contribution in [0.5, 0.6) is 0 Å². The molecule has 0 amide bonds. The van der Waals surface area contributed by atoms with Gasteiger partial charge >= 0.3 is 5.97 Å². The number of aryl methyl sites for hydroxylation is 1. The number of hydrogen-bond donors (Lipinski definition) is 3. The van der Waals surface area contributed by atoms with E-state index in [9.17, 15) is 4.79 Å². The van der Waals surface area contributed by atoms with Crippen LogP contribution in [0.1, 0.15) is 28.5 Å². The molecule has 90 valence electrons. The van der Waals surface area contributed by atoms with Gasteiger partial charge in [0.2, 0.25) is 0 Å². The molecule has 0 saturated heterocycles. The van der Waals surface area contributed by atoms with Gasteiger partial charge in [-0.15, -0.1) is 0 Å². The van der Waals surface area contributed by atoms with Crippen LogP contribution >= 0.6 is 0 Å². The van der Waals surface area contributed by atoms with Gasteiger partial charge in [0.25, 0.3) is 0 Å². The highest BCUT2D eigenvalue weighted by atomic mass is 16.4. The molecule has 0 aliphatic carbocycles. The fraction of sp³-hybridized carbons (Fsp3) is 0.308. The highest BCUT2D eigenvalue weighted by molar-refractivity contribution is 5.97. The zero-order valence-corrected chi connectivity index (χ0v) is 9.79. The number of carboxylic acids is 1. The van der Waals surface area contributed by atoms with Crippen molar-refractivity contribution < 1.29 is 9.90 Å². The van der Waals surface area contributed by atoms with Crippen LogP contribution in [0.15, 0.2) is 18.2 Å². The summed E-state index contributed by atoms with van der Waals surface area (Å²) in [6.07, 6.45) is 1.51. The van der Waals surface area contributed by atoms with E-state index in [1.165, 1.54) is 5.56 Å². The number of nitrogens with one attached hydrogen (secondary N) is 1. The molecule has 0 saturated carbocycles. The molecule has 2 aromatic rings. The van der Waals surface area contributed by atoms with Crippen molar-refractivity contribution in [2.45, 2.75) is 19.8 Å². The van der Waals surface area contributed by atoms with Gasteiger partial charge in [0.1, 0.15) is 5.69 Å². The Hall–Kier alpha value is -1.81. The fourth-order valence-electron chi connectivity index (χ4n) is 2.10. The minimum absolute atomic E-state index is 0.263. The number of hydrogen-bond acceptors (Lipinski definition) is 2. The molecule has 0 aliphatic rings. The molecule has 0 atom stereocenters. The molecule has 1 heterocycles. The van der Waals surface area contributed by atoms with Gasteiger partial charge < -0.3 is 15.8 Å². The van der Waals surface area contributed by atoms with E-state index in [-0.39, 0.29) is 5.69 Å². The summed E-state index contributed by atoms with van der Waals surface area (Å²) in [6.45, 7) is 2.53. The van der Waals surface area contributed by atoms with Crippen molar-refractivity contribution in [2.24, 2.45) is 5.73 Å². The van der Waals surface area contributed by atoms with Crippen molar-refractivity contribution in [3.8, 4) is 0 Å². The van der Waals surface area contributed by atoms with Crippen molar-refractivity contribution in [2.75, 3.05) is 6.54 Å². The Kier molecular flexibility index (Phi) is 3.15. The molecule has 4 nitrogen and oxygen atoms in total. The van der Waals surface area contributed by atoms with Gasteiger partial charge in [-0.3, -0.25) is 0 Å². The summed E-state index contributed by atoms with van der Waals surface area (Å²) in [5.41, 5.74) is 8.68. The van der Waals surface area contributed by atoms with E-state index in [1.54, 1.807) is 0 Å². The smallest absolute Gasteiger partial charge is 0.352 e. The van der Waals surface area contributed by atoms with E-state index in [0.717, 1.165) is 22.9 Å². The lowest BCUT2D eigenvalue weighted by Crippen LogP contribution is -2.07. The molecular formula is C13H16N2O2. The summed E-state index contributed by atoms with van der Waals surface area (Å²) < 4.78 is 0. The summed E-state index contributed by atoms with van der Waals surface area (Å²) >= 11 is 0.